The molecule has 0 spiro atoms. The average molecular weight is 499 g/mol. The summed E-state index contributed by atoms with van der Waals surface area (Å²) < 4.78 is 22.1. The van der Waals surface area contributed by atoms with Gasteiger partial charge in [-0.3, -0.25) is 9.36 Å². The Morgan fingerprint density at radius 2 is 1.94 bits per heavy atom. The van der Waals surface area contributed by atoms with Gasteiger partial charge in [0.1, 0.15) is 5.82 Å². The number of anilines is 2. The normalized spacial score (nSPS) is 10.7. The summed E-state index contributed by atoms with van der Waals surface area (Å²) >= 11 is 11.4. The summed E-state index contributed by atoms with van der Waals surface area (Å²) in [6, 6.07) is 13.5. The maximum atomic E-state index is 14.0. The van der Waals surface area contributed by atoms with Crippen LogP contribution in [0, 0.1) is 5.82 Å². The number of ether oxygens (including phenoxy) is 1. The lowest BCUT2D eigenvalue weighted by Crippen LogP contribution is -2.19. The molecule has 34 heavy (non-hydrogen) atoms. The largest absolute Gasteiger partial charge is 0.465 e. The lowest BCUT2D eigenvalue weighted by atomic mass is 10.1. The van der Waals surface area contributed by atoms with Crippen LogP contribution in [0.2, 0.25) is 5.02 Å². The van der Waals surface area contributed by atoms with Crippen molar-refractivity contribution in [2.45, 2.75) is 13.1 Å². The molecule has 4 aromatic rings. The van der Waals surface area contributed by atoms with Crippen molar-refractivity contribution < 1.29 is 13.9 Å². The Balaban J connectivity index is 1.36. The van der Waals surface area contributed by atoms with Gasteiger partial charge in [0.25, 0.3) is 0 Å². The van der Waals surface area contributed by atoms with Crippen LogP contribution in [0.15, 0.2) is 67.1 Å². The van der Waals surface area contributed by atoms with Gasteiger partial charge in [0.2, 0.25) is 0 Å². The Kier molecular flexibility index (Phi) is 7.19. The van der Waals surface area contributed by atoms with E-state index in [1.165, 1.54) is 13.2 Å². The van der Waals surface area contributed by atoms with E-state index in [9.17, 15) is 9.18 Å². The summed E-state index contributed by atoms with van der Waals surface area (Å²) in [4.78, 5) is 12.0. The number of hydrogen-bond acceptors (Lipinski definition) is 5. The van der Waals surface area contributed by atoms with Gasteiger partial charge in [0.15, 0.2) is 10.9 Å². The molecule has 0 aliphatic heterocycles. The van der Waals surface area contributed by atoms with E-state index in [-0.39, 0.29) is 12.4 Å². The fourth-order valence-corrected chi connectivity index (χ4v) is 3.74. The highest BCUT2D eigenvalue weighted by molar-refractivity contribution is 7.80. The zero-order valence-corrected chi connectivity index (χ0v) is 19.6. The Bertz CT molecular complexity index is 1320. The summed E-state index contributed by atoms with van der Waals surface area (Å²) in [5.41, 5.74) is 2.29. The van der Waals surface area contributed by atoms with Gasteiger partial charge in [-0.05, 0) is 36.0 Å². The first-order valence-electron chi connectivity index (χ1n) is 10.2. The van der Waals surface area contributed by atoms with Crippen LogP contribution in [0.25, 0.3) is 0 Å². The van der Waals surface area contributed by atoms with E-state index >= 15 is 0 Å². The van der Waals surface area contributed by atoms with Gasteiger partial charge in [-0.15, -0.1) is 0 Å². The van der Waals surface area contributed by atoms with Crippen molar-refractivity contribution in [2.24, 2.45) is 0 Å². The number of nitrogens with zero attached hydrogens (tertiary/aromatic N) is 4. The van der Waals surface area contributed by atoms with Crippen LogP contribution in [0.1, 0.15) is 21.5 Å². The van der Waals surface area contributed by atoms with Crippen LogP contribution >= 0.6 is 23.8 Å². The molecule has 0 amide bonds. The van der Waals surface area contributed by atoms with Gasteiger partial charge in [-0.1, -0.05) is 35.9 Å². The first-order valence-corrected chi connectivity index (χ1v) is 10.9. The summed E-state index contributed by atoms with van der Waals surface area (Å²) in [7, 11) is 1.35. The number of nitrogens with one attached hydrogen (secondary N) is 2. The minimum atomic E-state index is -0.400. The second-order valence-corrected chi connectivity index (χ2v) is 8.07. The summed E-state index contributed by atoms with van der Waals surface area (Å²) in [6.07, 6.45) is 5.08. The van der Waals surface area contributed by atoms with E-state index in [2.05, 4.69) is 20.8 Å². The zero-order valence-electron chi connectivity index (χ0n) is 18.0. The Labute approximate surface area is 205 Å². The van der Waals surface area contributed by atoms with Crippen LogP contribution in [-0.4, -0.2) is 37.8 Å². The maximum Gasteiger partial charge on any atom is 0.338 e. The molecule has 0 unspecified atom stereocenters. The van der Waals surface area contributed by atoms with Gasteiger partial charge in [0, 0.05) is 29.0 Å². The highest BCUT2D eigenvalue weighted by atomic mass is 35.5. The molecular formula is C23H20ClFN6O2S. The van der Waals surface area contributed by atoms with Crippen LogP contribution in [-0.2, 0) is 17.8 Å². The van der Waals surface area contributed by atoms with Gasteiger partial charge in [-0.25, -0.2) is 9.18 Å². The smallest absolute Gasteiger partial charge is 0.338 e. The molecule has 0 aliphatic carbocycles. The maximum absolute atomic E-state index is 14.0. The molecule has 0 bridgehead atoms. The minimum absolute atomic E-state index is 0.188. The van der Waals surface area contributed by atoms with E-state index in [1.807, 2.05) is 12.1 Å². The van der Waals surface area contributed by atoms with Crippen LogP contribution in [0.3, 0.4) is 0 Å². The van der Waals surface area contributed by atoms with Crippen molar-refractivity contribution in [1.29, 1.82) is 0 Å². The standard InChI is InChI=1S/C23H20ClFN6O2S/c1-33-22(32)17-6-3-2-5-15(17)12-31-13-16(11-26-31)27-23(34)28-21-9-10-30(29-21)14-18-19(24)7-4-8-20(18)25/h2-11,13H,12,14H2,1H3,(H2,27,28,29,34). The van der Waals surface area contributed by atoms with E-state index in [0.29, 0.717) is 39.3 Å². The molecule has 2 aromatic heterocycles. The fourth-order valence-electron chi connectivity index (χ4n) is 3.30. The molecule has 0 fully saturated rings. The molecule has 0 saturated heterocycles. The highest BCUT2D eigenvalue weighted by Gasteiger charge is 2.13. The van der Waals surface area contributed by atoms with Crippen LogP contribution in [0.5, 0.6) is 0 Å². The monoisotopic (exact) mass is 498 g/mol. The Hall–Kier alpha value is -3.76. The van der Waals surface area contributed by atoms with Crippen molar-refractivity contribution in [3.05, 3.63) is 94.7 Å². The van der Waals surface area contributed by atoms with Crippen molar-refractivity contribution in [3.8, 4) is 0 Å². The molecule has 2 N–H and O–H groups in total. The van der Waals surface area contributed by atoms with E-state index in [0.717, 1.165) is 5.56 Å². The predicted molar refractivity (Wildman–Crippen MR) is 132 cm³/mol. The lowest BCUT2D eigenvalue weighted by Gasteiger charge is -2.08. The molecule has 11 heteroatoms. The molecule has 174 valence electrons. The van der Waals surface area contributed by atoms with Crippen molar-refractivity contribution >= 4 is 46.4 Å². The van der Waals surface area contributed by atoms with Crippen LogP contribution < -0.4 is 10.6 Å². The predicted octanol–water partition coefficient (Wildman–Crippen LogP) is 4.56. The highest BCUT2D eigenvalue weighted by Crippen LogP contribution is 2.20. The molecule has 2 aromatic carbocycles. The van der Waals surface area contributed by atoms with Crippen LogP contribution in [0.4, 0.5) is 15.9 Å². The number of methoxy groups -OCH3 is 1. The molecule has 0 aliphatic rings. The summed E-state index contributed by atoms with van der Waals surface area (Å²) in [6.45, 7) is 0.573. The number of halogens is 2. The fraction of sp³-hybridized carbons (Fsp3) is 0.130. The van der Waals surface area contributed by atoms with Gasteiger partial charge < -0.3 is 15.4 Å². The number of rotatable bonds is 7. The van der Waals surface area contributed by atoms with Gasteiger partial charge in [-0.2, -0.15) is 10.2 Å². The van der Waals surface area contributed by atoms with E-state index in [4.69, 9.17) is 28.6 Å². The molecule has 0 atom stereocenters. The molecule has 0 radical (unpaired) electrons. The number of carbonyl (C=O) groups is 1. The number of carbonyl (C=O) groups excluding carboxylic acids is 1. The molecular weight excluding hydrogens is 479 g/mol. The number of thiocarbonyl (C=S) groups is 1. The third-order valence-corrected chi connectivity index (χ3v) is 5.47. The first-order chi connectivity index (χ1) is 16.4. The second kappa shape index (κ2) is 10.4. The number of aromatic nitrogens is 4. The number of esters is 1. The summed E-state index contributed by atoms with van der Waals surface area (Å²) in [5, 5.41) is 15.3. The first kappa shape index (κ1) is 23.4. The molecule has 8 nitrogen and oxygen atoms in total. The molecule has 0 saturated carbocycles. The third kappa shape index (κ3) is 5.59. The van der Waals surface area contributed by atoms with Crippen molar-refractivity contribution in [2.75, 3.05) is 17.7 Å². The third-order valence-electron chi connectivity index (χ3n) is 4.91. The second-order valence-electron chi connectivity index (χ2n) is 7.25. The van der Waals surface area contributed by atoms with Crippen molar-refractivity contribution in [3.63, 3.8) is 0 Å². The van der Waals surface area contributed by atoms with E-state index in [1.54, 1.807) is 58.3 Å². The van der Waals surface area contributed by atoms with E-state index < -0.39 is 5.97 Å². The summed E-state index contributed by atoms with van der Waals surface area (Å²) in [5.74, 6) is -0.298. The molecule has 4 rings (SSSR count). The zero-order chi connectivity index (χ0) is 24.1. The molecule has 2 heterocycles. The van der Waals surface area contributed by atoms with Crippen molar-refractivity contribution in [1.82, 2.24) is 19.6 Å². The van der Waals surface area contributed by atoms with Gasteiger partial charge >= 0.3 is 5.97 Å². The quantitative estimate of drug-likeness (QED) is 0.285. The number of benzene rings is 2. The number of hydrogen-bond donors (Lipinski definition) is 2. The Morgan fingerprint density at radius 1 is 1.12 bits per heavy atom. The lowest BCUT2D eigenvalue weighted by molar-refractivity contribution is 0.0599. The van der Waals surface area contributed by atoms with Gasteiger partial charge in [0.05, 0.1) is 37.6 Å². The SMILES string of the molecule is COC(=O)c1ccccc1Cn1cc(NC(=S)Nc2ccn(Cc3c(F)cccc3Cl)n2)cn1. The topological polar surface area (TPSA) is 86.0 Å². The minimum Gasteiger partial charge on any atom is -0.465 e. The Morgan fingerprint density at radius 3 is 2.74 bits per heavy atom. The average Bonchev–Trinajstić information content (AvgIpc) is 3.45.